The van der Waals surface area contributed by atoms with E-state index < -0.39 is 16.6 Å². The minimum atomic E-state index is -0.653. The number of aromatic nitrogens is 2. The number of nitro groups is 1. The molecular formula is C12H10FN5O3. The van der Waals surface area contributed by atoms with Crippen LogP contribution in [0.5, 0.6) is 0 Å². The number of nitrogens with zero attached hydrogens (tertiary/aromatic N) is 3. The molecule has 0 saturated heterocycles. The fraction of sp³-hybridized carbons (Fsp3) is 0.0833. The largest absolute Gasteiger partial charge is 0.372 e. The first-order valence-corrected chi connectivity index (χ1v) is 5.76. The molecule has 21 heavy (non-hydrogen) atoms. The van der Waals surface area contributed by atoms with E-state index in [0.29, 0.717) is 0 Å². The third-order valence-electron chi connectivity index (χ3n) is 2.53. The maximum Gasteiger partial charge on any atom is 0.288 e. The molecule has 0 radical (unpaired) electrons. The number of anilines is 2. The standard InChI is InChI=1S/C12H10FN5O3/c1-14-11-9(4-8(6-16-11)18(20)21)12(19)17-10-3-2-7(13)5-15-10/h2-6H,1H3,(H,14,16)(H,15,17,19). The molecule has 9 heteroatoms. The molecule has 2 aromatic rings. The molecule has 0 unspecified atom stereocenters. The predicted molar refractivity (Wildman–Crippen MR) is 72.6 cm³/mol. The van der Waals surface area contributed by atoms with Crippen LogP contribution in [0.15, 0.2) is 30.6 Å². The summed E-state index contributed by atoms with van der Waals surface area (Å²) in [4.78, 5) is 29.7. The minimum Gasteiger partial charge on any atom is -0.372 e. The van der Waals surface area contributed by atoms with Crippen molar-refractivity contribution < 1.29 is 14.1 Å². The number of carbonyl (C=O) groups excluding carboxylic acids is 1. The number of hydrogen-bond acceptors (Lipinski definition) is 6. The van der Waals surface area contributed by atoms with Crippen molar-refractivity contribution >= 4 is 23.2 Å². The number of rotatable bonds is 4. The SMILES string of the molecule is CNc1ncc([N+](=O)[O-])cc1C(=O)Nc1ccc(F)cn1. The second kappa shape index (κ2) is 5.90. The molecule has 2 N–H and O–H groups in total. The fourth-order valence-corrected chi connectivity index (χ4v) is 1.56. The van der Waals surface area contributed by atoms with Crippen LogP contribution in [0.3, 0.4) is 0 Å². The summed E-state index contributed by atoms with van der Waals surface area (Å²) in [6, 6.07) is 3.50. The van der Waals surface area contributed by atoms with Gasteiger partial charge in [-0.15, -0.1) is 0 Å². The molecule has 2 heterocycles. The van der Waals surface area contributed by atoms with Crippen LogP contribution >= 0.6 is 0 Å². The van der Waals surface area contributed by atoms with Gasteiger partial charge >= 0.3 is 0 Å². The zero-order valence-electron chi connectivity index (χ0n) is 10.8. The van der Waals surface area contributed by atoms with Crippen LogP contribution in [0.4, 0.5) is 21.7 Å². The smallest absolute Gasteiger partial charge is 0.288 e. The molecule has 0 bridgehead atoms. The van der Waals surface area contributed by atoms with Crippen LogP contribution in [-0.4, -0.2) is 27.8 Å². The number of pyridine rings is 2. The van der Waals surface area contributed by atoms with Gasteiger partial charge in [0.25, 0.3) is 11.6 Å². The van der Waals surface area contributed by atoms with Crippen molar-refractivity contribution in [2.45, 2.75) is 0 Å². The number of amides is 1. The third kappa shape index (κ3) is 3.26. The first kappa shape index (κ1) is 14.3. The highest BCUT2D eigenvalue weighted by molar-refractivity contribution is 6.07. The van der Waals surface area contributed by atoms with Gasteiger partial charge in [0.2, 0.25) is 0 Å². The maximum atomic E-state index is 12.7. The Morgan fingerprint density at radius 2 is 2.10 bits per heavy atom. The highest BCUT2D eigenvalue weighted by atomic mass is 19.1. The molecule has 8 nitrogen and oxygen atoms in total. The van der Waals surface area contributed by atoms with E-state index in [1.165, 1.54) is 13.1 Å². The van der Waals surface area contributed by atoms with Crippen molar-refractivity contribution in [2.24, 2.45) is 0 Å². The van der Waals surface area contributed by atoms with Gasteiger partial charge in [0.15, 0.2) is 0 Å². The Labute approximate surface area is 118 Å². The molecule has 0 atom stereocenters. The highest BCUT2D eigenvalue weighted by Gasteiger charge is 2.18. The molecular weight excluding hydrogens is 281 g/mol. The van der Waals surface area contributed by atoms with E-state index in [1.54, 1.807) is 0 Å². The van der Waals surface area contributed by atoms with Gasteiger partial charge in [-0.25, -0.2) is 14.4 Å². The van der Waals surface area contributed by atoms with Crippen LogP contribution in [0.1, 0.15) is 10.4 Å². The molecule has 0 spiro atoms. The molecule has 108 valence electrons. The van der Waals surface area contributed by atoms with Crippen molar-refractivity contribution in [1.29, 1.82) is 0 Å². The lowest BCUT2D eigenvalue weighted by molar-refractivity contribution is -0.385. The molecule has 0 aliphatic carbocycles. The second-order valence-electron chi connectivity index (χ2n) is 3.91. The van der Waals surface area contributed by atoms with Crippen LogP contribution in [0.2, 0.25) is 0 Å². The van der Waals surface area contributed by atoms with Crippen LogP contribution in [0.25, 0.3) is 0 Å². The van der Waals surface area contributed by atoms with Gasteiger partial charge in [-0.2, -0.15) is 0 Å². The number of carbonyl (C=O) groups is 1. The Morgan fingerprint density at radius 1 is 1.33 bits per heavy atom. The first-order valence-electron chi connectivity index (χ1n) is 5.76. The molecule has 2 aromatic heterocycles. The van der Waals surface area contributed by atoms with Crippen molar-refractivity contribution in [2.75, 3.05) is 17.7 Å². The van der Waals surface area contributed by atoms with Crippen LogP contribution in [-0.2, 0) is 0 Å². The van der Waals surface area contributed by atoms with Gasteiger partial charge in [0.05, 0.1) is 16.7 Å². The van der Waals surface area contributed by atoms with E-state index in [-0.39, 0.29) is 22.9 Å². The average Bonchev–Trinajstić information content (AvgIpc) is 2.48. The van der Waals surface area contributed by atoms with Crippen LogP contribution in [0, 0.1) is 15.9 Å². The van der Waals surface area contributed by atoms with Gasteiger partial charge in [-0.1, -0.05) is 0 Å². The van der Waals surface area contributed by atoms with Gasteiger partial charge in [0, 0.05) is 13.1 Å². The monoisotopic (exact) mass is 291 g/mol. The number of halogens is 1. The lowest BCUT2D eigenvalue weighted by Crippen LogP contribution is -2.16. The zero-order chi connectivity index (χ0) is 15.4. The first-order chi connectivity index (χ1) is 10.0. The van der Waals surface area contributed by atoms with E-state index in [0.717, 1.165) is 24.5 Å². The van der Waals surface area contributed by atoms with Crippen molar-refractivity contribution in [3.8, 4) is 0 Å². The van der Waals surface area contributed by atoms with Gasteiger partial charge < -0.3 is 10.6 Å². The van der Waals surface area contributed by atoms with Gasteiger partial charge in [-0.3, -0.25) is 14.9 Å². The molecule has 0 aliphatic heterocycles. The average molecular weight is 291 g/mol. The normalized spacial score (nSPS) is 10.0. The molecule has 1 amide bonds. The van der Waals surface area contributed by atoms with Crippen LogP contribution < -0.4 is 10.6 Å². The van der Waals surface area contributed by atoms with Gasteiger partial charge in [-0.05, 0) is 12.1 Å². The second-order valence-corrected chi connectivity index (χ2v) is 3.91. The summed E-state index contributed by atoms with van der Waals surface area (Å²) in [7, 11) is 1.53. The summed E-state index contributed by atoms with van der Waals surface area (Å²) >= 11 is 0. The Bertz CT molecular complexity index is 690. The summed E-state index contributed by atoms with van der Waals surface area (Å²) in [6.07, 6.45) is 1.99. The summed E-state index contributed by atoms with van der Waals surface area (Å²) in [6.45, 7) is 0. The lowest BCUT2D eigenvalue weighted by atomic mass is 10.2. The summed E-state index contributed by atoms with van der Waals surface area (Å²) < 4.78 is 12.7. The van der Waals surface area contributed by atoms with E-state index in [2.05, 4.69) is 20.6 Å². The third-order valence-corrected chi connectivity index (χ3v) is 2.53. The van der Waals surface area contributed by atoms with Crippen molar-refractivity contribution in [1.82, 2.24) is 9.97 Å². The van der Waals surface area contributed by atoms with Gasteiger partial charge in [0.1, 0.15) is 23.6 Å². The maximum absolute atomic E-state index is 12.7. The topological polar surface area (TPSA) is 110 Å². The lowest BCUT2D eigenvalue weighted by Gasteiger charge is -2.08. The van der Waals surface area contributed by atoms with E-state index >= 15 is 0 Å². The Kier molecular flexibility index (Phi) is 4.02. The van der Waals surface area contributed by atoms with Crippen molar-refractivity contribution in [3.63, 3.8) is 0 Å². The predicted octanol–water partition coefficient (Wildman–Crippen LogP) is 1.82. The Morgan fingerprint density at radius 3 is 2.67 bits per heavy atom. The molecule has 2 rings (SSSR count). The van der Waals surface area contributed by atoms with E-state index in [9.17, 15) is 19.3 Å². The number of nitrogens with one attached hydrogen (secondary N) is 2. The molecule has 0 saturated carbocycles. The highest BCUT2D eigenvalue weighted by Crippen LogP contribution is 2.19. The molecule has 0 fully saturated rings. The van der Waals surface area contributed by atoms with E-state index in [4.69, 9.17) is 0 Å². The van der Waals surface area contributed by atoms with Crippen molar-refractivity contribution in [3.05, 3.63) is 52.1 Å². The Balaban J connectivity index is 2.30. The number of hydrogen-bond donors (Lipinski definition) is 2. The quantitative estimate of drug-likeness (QED) is 0.656. The summed E-state index contributed by atoms with van der Waals surface area (Å²) in [5.74, 6) is -0.884. The summed E-state index contributed by atoms with van der Waals surface area (Å²) in [5, 5.41) is 15.8. The molecule has 0 aliphatic rings. The fourth-order valence-electron chi connectivity index (χ4n) is 1.56. The molecule has 0 aromatic carbocycles. The van der Waals surface area contributed by atoms with E-state index in [1.807, 2.05) is 0 Å². The summed E-state index contributed by atoms with van der Waals surface area (Å²) in [5.41, 5.74) is -0.330. The minimum absolute atomic E-state index is 0.0159. The Hall–Kier alpha value is -3.10. The zero-order valence-corrected chi connectivity index (χ0v) is 10.8.